The second-order valence-electron chi connectivity index (χ2n) is 6.01. The van der Waals surface area contributed by atoms with Crippen LogP contribution >= 0.6 is 0 Å². The summed E-state index contributed by atoms with van der Waals surface area (Å²) in [6, 6.07) is 2.82. The number of ether oxygens (including phenoxy) is 2. The fraction of sp³-hybridized carbons (Fsp3) is 0.389. The molecule has 126 valence electrons. The van der Waals surface area contributed by atoms with Crippen molar-refractivity contribution in [2.24, 2.45) is 0 Å². The SMILES string of the molecule is C=C1CCC(n2c(C)nc3cc(OC)c(OC)cc3c2=O)C(=O)C1. The Morgan fingerprint density at radius 2 is 1.88 bits per heavy atom. The van der Waals surface area contributed by atoms with Gasteiger partial charge < -0.3 is 9.47 Å². The molecule has 24 heavy (non-hydrogen) atoms. The van der Waals surface area contributed by atoms with Crippen molar-refractivity contribution in [1.29, 1.82) is 0 Å². The normalized spacial score (nSPS) is 18.0. The zero-order valence-electron chi connectivity index (χ0n) is 14.1. The zero-order chi connectivity index (χ0) is 17.4. The van der Waals surface area contributed by atoms with Crippen LogP contribution in [0.3, 0.4) is 0 Å². The first-order valence-corrected chi connectivity index (χ1v) is 7.80. The number of carbonyl (C=O) groups excluding carboxylic acids is 1. The number of aromatic nitrogens is 2. The van der Waals surface area contributed by atoms with E-state index in [2.05, 4.69) is 11.6 Å². The maximum absolute atomic E-state index is 13.0. The van der Waals surface area contributed by atoms with Crippen molar-refractivity contribution in [3.05, 3.63) is 40.5 Å². The molecule has 6 heteroatoms. The number of hydrogen-bond donors (Lipinski definition) is 0. The Balaban J connectivity index is 2.21. The van der Waals surface area contributed by atoms with E-state index in [9.17, 15) is 9.59 Å². The molecule has 1 fully saturated rings. The van der Waals surface area contributed by atoms with Crippen molar-refractivity contribution in [2.75, 3.05) is 14.2 Å². The van der Waals surface area contributed by atoms with E-state index in [1.54, 1.807) is 19.1 Å². The van der Waals surface area contributed by atoms with Gasteiger partial charge in [0.05, 0.1) is 31.2 Å². The van der Waals surface area contributed by atoms with Gasteiger partial charge in [0.15, 0.2) is 17.3 Å². The van der Waals surface area contributed by atoms with E-state index < -0.39 is 6.04 Å². The standard InChI is InChI=1S/C18H20N2O4/c1-10-5-6-14(15(21)7-10)20-11(2)19-13-9-17(24-4)16(23-3)8-12(13)18(20)22/h8-9,14H,1,5-7H2,2-4H3. The number of Topliss-reactive ketones (excluding diaryl/α,β-unsaturated/α-hetero) is 1. The number of allylic oxidation sites excluding steroid dienone is 1. The third kappa shape index (κ3) is 2.58. The summed E-state index contributed by atoms with van der Waals surface area (Å²) in [4.78, 5) is 29.9. The van der Waals surface area contributed by atoms with E-state index in [1.807, 2.05) is 0 Å². The van der Waals surface area contributed by atoms with E-state index in [-0.39, 0.29) is 11.3 Å². The van der Waals surface area contributed by atoms with Crippen LogP contribution in [0.5, 0.6) is 11.5 Å². The molecule has 2 aromatic rings. The van der Waals surface area contributed by atoms with Crippen LogP contribution in [-0.2, 0) is 4.79 Å². The van der Waals surface area contributed by atoms with E-state index in [0.29, 0.717) is 41.1 Å². The van der Waals surface area contributed by atoms with Crippen LogP contribution < -0.4 is 15.0 Å². The highest BCUT2D eigenvalue weighted by Gasteiger charge is 2.28. The molecule has 1 atom stereocenters. The highest BCUT2D eigenvalue weighted by molar-refractivity contribution is 5.87. The summed E-state index contributed by atoms with van der Waals surface area (Å²) in [5, 5.41) is 0.412. The maximum atomic E-state index is 13.0. The zero-order valence-corrected chi connectivity index (χ0v) is 14.1. The van der Waals surface area contributed by atoms with Gasteiger partial charge in [0.2, 0.25) is 0 Å². The van der Waals surface area contributed by atoms with Gasteiger partial charge in [-0.1, -0.05) is 12.2 Å². The van der Waals surface area contributed by atoms with Gasteiger partial charge in [0.25, 0.3) is 5.56 Å². The summed E-state index contributed by atoms with van der Waals surface area (Å²) in [5.41, 5.74) is 1.21. The van der Waals surface area contributed by atoms with Gasteiger partial charge in [-0.15, -0.1) is 0 Å². The average Bonchev–Trinajstić information content (AvgIpc) is 2.55. The second-order valence-corrected chi connectivity index (χ2v) is 6.01. The number of fused-ring (bicyclic) bond motifs is 1. The lowest BCUT2D eigenvalue weighted by atomic mass is 9.90. The van der Waals surface area contributed by atoms with Crippen LogP contribution in [0.2, 0.25) is 0 Å². The number of rotatable bonds is 3. The molecule has 0 saturated heterocycles. The molecule has 0 aliphatic heterocycles. The monoisotopic (exact) mass is 328 g/mol. The van der Waals surface area contributed by atoms with Crippen molar-refractivity contribution < 1.29 is 14.3 Å². The van der Waals surface area contributed by atoms with Gasteiger partial charge in [0.1, 0.15) is 5.82 Å². The summed E-state index contributed by atoms with van der Waals surface area (Å²) in [6.07, 6.45) is 1.64. The van der Waals surface area contributed by atoms with Crippen molar-refractivity contribution >= 4 is 16.7 Å². The van der Waals surface area contributed by atoms with E-state index in [4.69, 9.17) is 9.47 Å². The number of ketones is 1. The fourth-order valence-electron chi connectivity index (χ4n) is 3.23. The molecule has 0 amide bonds. The Hall–Kier alpha value is -2.63. The Bertz CT molecular complexity index is 898. The molecule has 0 radical (unpaired) electrons. The van der Waals surface area contributed by atoms with Gasteiger partial charge in [0, 0.05) is 12.5 Å². The summed E-state index contributed by atoms with van der Waals surface area (Å²) in [5.74, 6) is 1.51. The Labute approximate surface area is 139 Å². The van der Waals surface area contributed by atoms with Crippen LogP contribution in [0.4, 0.5) is 0 Å². The minimum atomic E-state index is -0.479. The van der Waals surface area contributed by atoms with E-state index in [1.165, 1.54) is 18.8 Å². The van der Waals surface area contributed by atoms with E-state index >= 15 is 0 Å². The number of benzene rings is 1. The van der Waals surface area contributed by atoms with Crippen LogP contribution in [0.15, 0.2) is 29.1 Å². The van der Waals surface area contributed by atoms with Crippen LogP contribution in [0.25, 0.3) is 10.9 Å². The number of hydrogen-bond acceptors (Lipinski definition) is 5. The quantitative estimate of drug-likeness (QED) is 0.810. The van der Waals surface area contributed by atoms with Gasteiger partial charge >= 0.3 is 0 Å². The van der Waals surface area contributed by atoms with Gasteiger partial charge in [-0.2, -0.15) is 0 Å². The first-order chi connectivity index (χ1) is 11.5. The van der Waals surface area contributed by atoms with Crippen molar-refractivity contribution in [2.45, 2.75) is 32.2 Å². The molecule has 1 aromatic heterocycles. The molecule has 1 aliphatic rings. The number of methoxy groups -OCH3 is 2. The minimum Gasteiger partial charge on any atom is -0.493 e. The molecule has 6 nitrogen and oxygen atoms in total. The minimum absolute atomic E-state index is 0.0121. The Morgan fingerprint density at radius 1 is 1.21 bits per heavy atom. The number of aryl methyl sites for hydroxylation is 1. The highest BCUT2D eigenvalue weighted by atomic mass is 16.5. The molecule has 0 N–H and O–H groups in total. The summed E-state index contributed by atoms with van der Waals surface area (Å²) in [7, 11) is 3.05. The number of nitrogens with zero attached hydrogens (tertiary/aromatic N) is 2. The second kappa shape index (κ2) is 6.11. The first-order valence-electron chi connectivity index (χ1n) is 7.80. The van der Waals surface area contributed by atoms with E-state index in [0.717, 1.165) is 12.0 Å². The Morgan fingerprint density at radius 3 is 2.50 bits per heavy atom. The topological polar surface area (TPSA) is 70.4 Å². The fourth-order valence-corrected chi connectivity index (χ4v) is 3.23. The lowest BCUT2D eigenvalue weighted by molar-refractivity contribution is -0.122. The predicted molar refractivity (Wildman–Crippen MR) is 90.9 cm³/mol. The molecule has 1 unspecified atom stereocenters. The highest BCUT2D eigenvalue weighted by Crippen LogP contribution is 2.32. The molecule has 1 aliphatic carbocycles. The molecule has 1 saturated carbocycles. The smallest absolute Gasteiger partial charge is 0.262 e. The van der Waals surface area contributed by atoms with Gasteiger partial charge in [-0.3, -0.25) is 14.2 Å². The van der Waals surface area contributed by atoms with Crippen LogP contribution in [0, 0.1) is 6.92 Å². The third-order valence-electron chi connectivity index (χ3n) is 4.46. The summed E-state index contributed by atoms with van der Waals surface area (Å²) < 4.78 is 12.0. The lowest BCUT2D eigenvalue weighted by Gasteiger charge is -2.25. The predicted octanol–water partition coefficient (Wildman–Crippen LogP) is 2.57. The largest absolute Gasteiger partial charge is 0.493 e. The molecule has 0 spiro atoms. The van der Waals surface area contributed by atoms with Gasteiger partial charge in [-0.05, 0) is 25.8 Å². The molecule has 0 bridgehead atoms. The first kappa shape index (κ1) is 16.2. The maximum Gasteiger partial charge on any atom is 0.262 e. The lowest BCUT2D eigenvalue weighted by Crippen LogP contribution is -2.34. The van der Waals surface area contributed by atoms with Crippen molar-refractivity contribution in [1.82, 2.24) is 9.55 Å². The van der Waals surface area contributed by atoms with Gasteiger partial charge in [-0.25, -0.2) is 4.98 Å². The number of carbonyl (C=O) groups is 1. The molecule has 3 rings (SSSR count). The summed E-state index contributed by atoms with van der Waals surface area (Å²) in [6.45, 7) is 5.62. The molecular formula is C18H20N2O4. The van der Waals surface area contributed by atoms with Crippen LogP contribution in [-0.4, -0.2) is 29.6 Å². The summed E-state index contributed by atoms with van der Waals surface area (Å²) >= 11 is 0. The molecular weight excluding hydrogens is 308 g/mol. The molecule has 1 aromatic carbocycles. The molecule has 1 heterocycles. The van der Waals surface area contributed by atoms with Crippen LogP contribution in [0.1, 0.15) is 31.1 Å². The van der Waals surface area contributed by atoms with Crippen molar-refractivity contribution in [3.8, 4) is 11.5 Å². The Kier molecular flexibility index (Phi) is 4.13. The average molecular weight is 328 g/mol. The van der Waals surface area contributed by atoms with Crippen molar-refractivity contribution in [3.63, 3.8) is 0 Å². The third-order valence-corrected chi connectivity index (χ3v) is 4.46.